The van der Waals surface area contributed by atoms with Crippen molar-refractivity contribution in [1.29, 1.82) is 0 Å². The molecule has 0 aromatic rings. The molecule has 1 aliphatic heterocycles. The smallest absolute Gasteiger partial charge is 0.0589 e. The highest BCUT2D eigenvalue weighted by Crippen LogP contribution is 2.19. The molecule has 4 nitrogen and oxygen atoms in total. The Kier molecular flexibility index (Phi) is 7.82. The monoisotopic (exact) mass is 257 g/mol. The zero-order chi connectivity index (χ0) is 13.4. The summed E-state index contributed by atoms with van der Waals surface area (Å²) >= 11 is 0. The molecule has 0 aromatic heterocycles. The topological polar surface area (TPSA) is 27.7 Å². The fraction of sp³-hybridized carbons (Fsp3) is 1.00. The molecule has 0 aromatic carbocycles. The van der Waals surface area contributed by atoms with Crippen molar-refractivity contribution >= 4 is 0 Å². The van der Waals surface area contributed by atoms with Crippen molar-refractivity contribution < 1.29 is 4.74 Å². The molecule has 1 heterocycles. The zero-order valence-electron chi connectivity index (χ0n) is 12.6. The predicted octanol–water partition coefficient (Wildman–Crippen LogP) is 0.885. The van der Waals surface area contributed by atoms with Crippen LogP contribution in [-0.2, 0) is 4.74 Å². The third-order valence-electron chi connectivity index (χ3n) is 4.11. The van der Waals surface area contributed by atoms with E-state index in [0.29, 0.717) is 6.04 Å². The number of nitrogens with one attached hydrogen (secondary N) is 1. The number of likely N-dealkylation sites (N-methyl/N-ethyl adjacent to an activating group) is 1. The summed E-state index contributed by atoms with van der Waals surface area (Å²) in [6.45, 7) is 8.86. The normalized spacial score (nSPS) is 20.5. The first kappa shape index (κ1) is 15.9. The quantitative estimate of drug-likeness (QED) is 0.699. The fourth-order valence-corrected chi connectivity index (χ4v) is 2.54. The van der Waals surface area contributed by atoms with Crippen LogP contribution >= 0.6 is 0 Å². The molecule has 1 saturated heterocycles. The summed E-state index contributed by atoms with van der Waals surface area (Å²) in [5.41, 5.74) is 0. The maximum atomic E-state index is 5.08. The molecule has 0 bridgehead atoms. The molecule has 0 spiro atoms. The van der Waals surface area contributed by atoms with Gasteiger partial charge in [0.1, 0.15) is 0 Å². The SMILES string of the molecule is COCCN(C)CCNC(C)C1CCN(C)CC1. The number of nitrogens with zero attached hydrogens (tertiary/aromatic N) is 2. The van der Waals surface area contributed by atoms with Crippen LogP contribution in [0.25, 0.3) is 0 Å². The van der Waals surface area contributed by atoms with Gasteiger partial charge in [0, 0.05) is 32.8 Å². The zero-order valence-corrected chi connectivity index (χ0v) is 12.6. The molecule has 0 saturated carbocycles. The Morgan fingerprint density at radius 2 is 2.00 bits per heavy atom. The van der Waals surface area contributed by atoms with Gasteiger partial charge in [0.05, 0.1) is 6.61 Å². The van der Waals surface area contributed by atoms with Gasteiger partial charge < -0.3 is 19.9 Å². The Morgan fingerprint density at radius 1 is 1.33 bits per heavy atom. The van der Waals surface area contributed by atoms with Crippen LogP contribution in [0, 0.1) is 5.92 Å². The molecule has 1 fully saturated rings. The first-order valence-electron chi connectivity index (χ1n) is 7.23. The van der Waals surface area contributed by atoms with Gasteiger partial charge in [-0.1, -0.05) is 0 Å². The molecule has 108 valence electrons. The summed E-state index contributed by atoms with van der Waals surface area (Å²) in [6, 6.07) is 0.648. The summed E-state index contributed by atoms with van der Waals surface area (Å²) in [6.07, 6.45) is 2.67. The minimum absolute atomic E-state index is 0.648. The average Bonchev–Trinajstić information content (AvgIpc) is 2.37. The molecule has 0 amide bonds. The lowest BCUT2D eigenvalue weighted by Crippen LogP contribution is -2.43. The van der Waals surface area contributed by atoms with Gasteiger partial charge in [-0.2, -0.15) is 0 Å². The molecule has 0 radical (unpaired) electrons. The van der Waals surface area contributed by atoms with Crippen LogP contribution in [0.5, 0.6) is 0 Å². The van der Waals surface area contributed by atoms with E-state index in [1.807, 2.05) is 0 Å². The van der Waals surface area contributed by atoms with Gasteiger partial charge in [-0.05, 0) is 52.9 Å². The van der Waals surface area contributed by atoms with Crippen molar-refractivity contribution in [3.05, 3.63) is 0 Å². The van der Waals surface area contributed by atoms with E-state index in [-0.39, 0.29) is 0 Å². The van der Waals surface area contributed by atoms with Crippen LogP contribution < -0.4 is 5.32 Å². The minimum atomic E-state index is 0.648. The van der Waals surface area contributed by atoms with Crippen molar-refractivity contribution in [3.8, 4) is 0 Å². The van der Waals surface area contributed by atoms with Crippen LogP contribution in [0.1, 0.15) is 19.8 Å². The summed E-state index contributed by atoms with van der Waals surface area (Å²) in [7, 11) is 6.13. The first-order chi connectivity index (χ1) is 8.63. The third-order valence-corrected chi connectivity index (χ3v) is 4.11. The van der Waals surface area contributed by atoms with E-state index in [2.05, 4.69) is 36.1 Å². The van der Waals surface area contributed by atoms with Gasteiger partial charge in [0.2, 0.25) is 0 Å². The minimum Gasteiger partial charge on any atom is -0.383 e. The van der Waals surface area contributed by atoms with Gasteiger partial charge in [-0.3, -0.25) is 0 Å². The van der Waals surface area contributed by atoms with Crippen LogP contribution in [-0.4, -0.2) is 76.4 Å². The molecule has 1 aliphatic rings. The second kappa shape index (κ2) is 8.86. The Hall–Kier alpha value is -0.160. The molecule has 1 unspecified atom stereocenters. The van der Waals surface area contributed by atoms with E-state index in [0.717, 1.165) is 32.2 Å². The lowest BCUT2D eigenvalue weighted by molar-refractivity contribution is 0.158. The molecular weight excluding hydrogens is 226 g/mol. The molecule has 18 heavy (non-hydrogen) atoms. The van der Waals surface area contributed by atoms with Crippen LogP contribution in [0.15, 0.2) is 0 Å². The fourth-order valence-electron chi connectivity index (χ4n) is 2.54. The standard InChI is InChI=1S/C14H31N3O/c1-13(14-5-8-16(2)9-6-14)15-7-10-17(3)11-12-18-4/h13-15H,5-12H2,1-4H3. The van der Waals surface area contributed by atoms with Gasteiger partial charge in [-0.15, -0.1) is 0 Å². The van der Waals surface area contributed by atoms with Crippen molar-refractivity contribution in [3.63, 3.8) is 0 Å². The highest BCUT2D eigenvalue weighted by Gasteiger charge is 2.21. The van der Waals surface area contributed by atoms with Crippen LogP contribution in [0.2, 0.25) is 0 Å². The largest absolute Gasteiger partial charge is 0.383 e. The number of hydrogen-bond donors (Lipinski definition) is 1. The van der Waals surface area contributed by atoms with Gasteiger partial charge >= 0.3 is 0 Å². The number of likely N-dealkylation sites (tertiary alicyclic amines) is 1. The van der Waals surface area contributed by atoms with E-state index >= 15 is 0 Å². The number of rotatable bonds is 8. The number of hydrogen-bond acceptors (Lipinski definition) is 4. The second-order valence-electron chi connectivity index (χ2n) is 5.68. The van der Waals surface area contributed by atoms with E-state index in [1.165, 1.54) is 25.9 Å². The highest BCUT2D eigenvalue weighted by molar-refractivity contribution is 4.78. The maximum Gasteiger partial charge on any atom is 0.0589 e. The third kappa shape index (κ3) is 6.14. The Balaban J connectivity index is 2.07. The summed E-state index contributed by atoms with van der Waals surface area (Å²) in [4.78, 5) is 4.75. The summed E-state index contributed by atoms with van der Waals surface area (Å²) in [5, 5.41) is 3.67. The molecule has 1 N–H and O–H groups in total. The molecule has 4 heteroatoms. The summed E-state index contributed by atoms with van der Waals surface area (Å²) < 4.78 is 5.08. The van der Waals surface area contributed by atoms with E-state index in [1.54, 1.807) is 7.11 Å². The van der Waals surface area contributed by atoms with Gasteiger partial charge in [0.15, 0.2) is 0 Å². The van der Waals surface area contributed by atoms with E-state index in [9.17, 15) is 0 Å². The maximum absolute atomic E-state index is 5.08. The van der Waals surface area contributed by atoms with Crippen LogP contribution in [0.4, 0.5) is 0 Å². The van der Waals surface area contributed by atoms with Gasteiger partial charge in [0.25, 0.3) is 0 Å². The number of ether oxygens (including phenoxy) is 1. The van der Waals surface area contributed by atoms with Crippen molar-refractivity contribution in [1.82, 2.24) is 15.1 Å². The van der Waals surface area contributed by atoms with Crippen LogP contribution in [0.3, 0.4) is 0 Å². The number of methoxy groups -OCH3 is 1. The van der Waals surface area contributed by atoms with Crippen molar-refractivity contribution in [2.45, 2.75) is 25.8 Å². The molecule has 1 atom stereocenters. The lowest BCUT2D eigenvalue weighted by atomic mass is 9.90. The summed E-state index contributed by atoms with van der Waals surface area (Å²) in [5.74, 6) is 0.852. The Labute approximate surface area is 113 Å². The second-order valence-corrected chi connectivity index (χ2v) is 5.68. The Bertz CT molecular complexity index is 205. The van der Waals surface area contributed by atoms with Crippen molar-refractivity contribution in [2.75, 3.05) is 60.5 Å². The number of piperidine rings is 1. The van der Waals surface area contributed by atoms with Gasteiger partial charge in [-0.25, -0.2) is 0 Å². The molecule has 0 aliphatic carbocycles. The Morgan fingerprint density at radius 3 is 2.61 bits per heavy atom. The first-order valence-corrected chi connectivity index (χ1v) is 7.23. The van der Waals surface area contributed by atoms with Crippen molar-refractivity contribution in [2.24, 2.45) is 5.92 Å². The van der Waals surface area contributed by atoms with E-state index in [4.69, 9.17) is 4.74 Å². The average molecular weight is 257 g/mol. The lowest BCUT2D eigenvalue weighted by Gasteiger charge is -2.33. The molecule has 1 rings (SSSR count). The molecular formula is C14H31N3O. The van der Waals surface area contributed by atoms with E-state index < -0.39 is 0 Å². The highest BCUT2D eigenvalue weighted by atomic mass is 16.5. The predicted molar refractivity (Wildman–Crippen MR) is 77.1 cm³/mol.